The zero-order valence-electron chi connectivity index (χ0n) is 14.9. The van der Waals surface area contributed by atoms with E-state index in [9.17, 15) is 9.18 Å². The lowest BCUT2D eigenvalue weighted by Crippen LogP contribution is -2.25. The van der Waals surface area contributed by atoms with Crippen molar-refractivity contribution >= 4 is 5.91 Å². The number of methoxy groups -OCH3 is 1. The summed E-state index contributed by atoms with van der Waals surface area (Å²) in [5, 5.41) is 2.82. The van der Waals surface area contributed by atoms with Crippen LogP contribution in [0.25, 0.3) is 0 Å². The average Bonchev–Trinajstić information content (AvgIpc) is 3.17. The molecule has 0 unspecified atom stereocenters. The molecule has 1 aromatic heterocycles. The molecule has 0 spiro atoms. The minimum atomic E-state index is -0.325. The maximum absolute atomic E-state index is 12.9. The second kappa shape index (κ2) is 8.89. The number of carbonyl (C=O) groups is 1. The van der Waals surface area contributed by atoms with Gasteiger partial charge in [0.15, 0.2) is 5.76 Å². The summed E-state index contributed by atoms with van der Waals surface area (Å²) >= 11 is 0. The van der Waals surface area contributed by atoms with Gasteiger partial charge in [-0.15, -0.1) is 0 Å². The number of carbonyl (C=O) groups excluding carboxylic acids is 1. The van der Waals surface area contributed by atoms with Crippen LogP contribution in [0.1, 0.15) is 21.9 Å². The number of hydrogen-bond donors (Lipinski definition) is 1. The Kier molecular flexibility index (Phi) is 6.10. The molecule has 0 fully saturated rings. The molecule has 5 nitrogen and oxygen atoms in total. The summed E-state index contributed by atoms with van der Waals surface area (Å²) in [6.07, 6.45) is 0.705. The van der Waals surface area contributed by atoms with Crippen molar-refractivity contribution in [2.45, 2.75) is 13.0 Å². The van der Waals surface area contributed by atoms with Crippen molar-refractivity contribution in [2.24, 2.45) is 0 Å². The Morgan fingerprint density at radius 3 is 2.41 bits per heavy atom. The van der Waals surface area contributed by atoms with Gasteiger partial charge in [0.1, 0.15) is 29.7 Å². The summed E-state index contributed by atoms with van der Waals surface area (Å²) in [5.41, 5.74) is 1.10. The molecule has 1 N–H and O–H groups in total. The van der Waals surface area contributed by atoms with Gasteiger partial charge in [0.25, 0.3) is 5.91 Å². The largest absolute Gasteiger partial charge is 0.497 e. The Bertz CT molecular complexity index is 872. The molecule has 0 aliphatic heterocycles. The Morgan fingerprint density at radius 1 is 1.00 bits per heavy atom. The van der Waals surface area contributed by atoms with Gasteiger partial charge in [0, 0.05) is 6.54 Å². The Hall–Kier alpha value is -3.28. The molecule has 3 rings (SSSR count). The summed E-state index contributed by atoms with van der Waals surface area (Å²) in [6.45, 7) is 0.651. The summed E-state index contributed by atoms with van der Waals surface area (Å²) in [4.78, 5) is 12.2. The van der Waals surface area contributed by atoms with Crippen LogP contribution in [0, 0.1) is 5.82 Å². The standard InChI is InChI=1S/C21H20FNO4/c1-25-17-6-2-15(3-7-17)12-13-23-21(24)20-11-10-19(27-20)14-26-18-8-4-16(22)5-9-18/h2-11H,12-14H2,1H3,(H,23,24). The number of rotatable bonds is 8. The van der Waals surface area contributed by atoms with E-state index in [2.05, 4.69) is 5.32 Å². The molecule has 1 heterocycles. The highest BCUT2D eigenvalue weighted by molar-refractivity contribution is 5.91. The molecular formula is C21H20FNO4. The van der Waals surface area contributed by atoms with Crippen LogP contribution < -0.4 is 14.8 Å². The van der Waals surface area contributed by atoms with Crippen molar-refractivity contribution in [3.05, 3.63) is 83.6 Å². The van der Waals surface area contributed by atoms with Crippen LogP contribution in [0.15, 0.2) is 65.1 Å². The van der Waals surface area contributed by atoms with Crippen LogP contribution in [0.2, 0.25) is 0 Å². The molecule has 6 heteroatoms. The molecule has 3 aromatic rings. The van der Waals surface area contributed by atoms with Crippen molar-refractivity contribution in [2.75, 3.05) is 13.7 Å². The van der Waals surface area contributed by atoms with Crippen LogP contribution in [0.5, 0.6) is 11.5 Å². The summed E-state index contributed by atoms with van der Waals surface area (Å²) in [5.74, 6) is 1.46. The minimum absolute atomic E-state index is 0.158. The first kappa shape index (κ1) is 18.5. The molecule has 1 amide bonds. The Balaban J connectivity index is 1.45. The second-order valence-electron chi connectivity index (χ2n) is 5.86. The van der Waals surface area contributed by atoms with Gasteiger partial charge >= 0.3 is 0 Å². The predicted octanol–water partition coefficient (Wildman–Crippen LogP) is 3.98. The molecule has 0 atom stereocenters. The smallest absolute Gasteiger partial charge is 0.287 e. The third-order valence-corrected chi connectivity index (χ3v) is 3.94. The average molecular weight is 369 g/mol. The first-order chi connectivity index (χ1) is 13.1. The predicted molar refractivity (Wildman–Crippen MR) is 98.5 cm³/mol. The number of nitrogens with one attached hydrogen (secondary N) is 1. The van der Waals surface area contributed by atoms with Crippen molar-refractivity contribution in [1.29, 1.82) is 0 Å². The second-order valence-corrected chi connectivity index (χ2v) is 5.86. The van der Waals surface area contributed by atoms with Crippen molar-refractivity contribution < 1.29 is 23.1 Å². The molecular weight excluding hydrogens is 349 g/mol. The molecule has 0 saturated carbocycles. The highest BCUT2D eigenvalue weighted by Gasteiger charge is 2.11. The van der Waals surface area contributed by atoms with E-state index >= 15 is 0 Å². The first-order valence-electron chi connectivity index (χ1n) is 8.52. The molecule has 140 valence electrons. The van der Waals surface area contributed by atoms with Crippen LogP contribution in [-0.2, 0) is 13.0 Å². The Morgan fingerprint density at radius 2 is 1.70 bits per heavy atom. The SMILES string of the molecule is COc1ccc(CCNC(=O)c2ccc(COc3ccc(F)cc3)o2)cc1. The van der Waals surface area contributed by atoms with Crippen LogP contribution in [0.3, 0.4) is 0 Å². The monoisotopic (exact) mass is 369 g/mol. The quantitative estimate of drug-likeness (QED) is 0.652. The summed E-state index contributed by atoms with van der Waals surface area (Å²) in [6, 6.07) is 16.7. The van der Waals surface area contributed by atoms with Crippen LogP contribution in [0.4, 0.5) is 4.39 Å². The Labute approximate surface area is 156 Å². The van der Waals surface area contributed by atoms with Gasteiger partial charge in [-0.25, -0.2) is 4.39 Å². The molecule has 2 aromatic carbocycles. The van der Waals surface area contributed by atoms with Crippen LogP contribution in [-0.4, -0.2) is 19.6 Å². The molecule has 0 radical (unpaired) electrons. The third kappa shape index (κ3) is 5.34. The highest BCUT2D eigenvalue weighted by Crippen LogP contribution is 2.15. The molecule has 0 saturated heterocycles. The number of furan rings is 1. The zero-order chi connectivity index (χ0) is 19.1. The fourth-order valence-electron chi connectivity index (χ4n) is 2.46. The van der Waals surface area contributed by atoms with E-state index in [0.29, 0.717) is 24.5 Å². The summed E-state index contributed by atoms with van der Waals surface area (Å²) in [7, 11) is 1.62. The van der Waals surface area contributed by atoms with E-state index in [4.69, 9.17) is 13.9 Å². The van der Waals surface area contributed by atoms with Gasteiger partial charge in [0.2, 0.25) is 0 Å². The molecule has 0 aliphatic rings. The van der Waals surface area contributed by atoms with E-state index in [-0.39, 0.29) is 24.1 Å². The maximum atomic E-state index is 12.9. The number of benzene rings is 2. The van der Waals surface area contributed by atoms with E-state index in [1.54, 1.807) is 19.2 Å². The number of halogens is 1. The summed E-state index contributed by atoms with van der Waals surface area (Å²) < 4.78 is 29.0. The fraction of sp³-hybridized carbons (Fsp3) is 0.190. The lowest BCUT2D eigenvalue weighted by Gasteiger charge is -2.05. The van der Waals surface area contributed by atoms with E-state index in [1.807, 2.05) is 24.3 Å². The van der Waals surface area contributed by atoms with Crippen LogP contribution >= 0.6 is 0 Å². The highest BCUT2D eigenvalue weighted by atomic mass is 19.1. The van der Waals surface area contributed by atoms with Gasteiger partial charge < -0.3 is 19.2 Å². The van der Waals surface area contributed by atoms with Crippen molar-refractivity contribution in [1.82, 2.24) is 5.32 Å². The van der Waals surface area contributed by atoms with Gasteiger partial charge in [-0.3, -0.25) is 4.79 Å². The number of hydrogen-bond acceptors (Lipinski definition) is 4. The van der Waals surface area contributed by atoms with Gasteiger partial charge in [-0.2, -0.15) is 0 Å². The maximum Gasteiger partial charge on any atom is 0.287 e. The minimum Gasteiger partial charge on any atom is -0.497 e. The number of ether oxygens (including phenoxy) is 2. The third-order valence-electron chi connectivity index (χ3n) is 3.94. The number of amides is 1. The lowest BCUT2D eigenvalue weighted by atomic mass is 10.1. The van der Waals surface area contributed by atoms with E-state index < -0.39 is 0 Å². The van der Waals surface area contributed by atoms with Gasteiger partial charge in [-0.05, 0) is 60.5 Å². The normalized spacial score (nSPS) is 10.4. The first-order valence-corrected chi connectivity index (χ1v) is 8.52. The van der Waals surface area contributed by atoms with Crippen molar-refractivity contribution in [3.8, 4) is 11.5 Å². The van der Waals surface area contributed by atoms with E-state index in [0.717, 1.165) is 11.3 Å². The fourth-order valence-corrected chi connectivity index (χ4v) is 2.46. The lowest BCUT2D eigenvalue weighted by molar-refractivity contribution is 0.0922. The zero-order valence-corrected chi connectivity index (χ0v) is 14.9. The molecule has 27 heavy (non-hydrogen) atoms. The molecule has 0 bridgehead atoms. The van der Waals surface area contributed by atoms with Gasteiger partial charge in [-0.1, -0.05) is 12.1 Å². The molecule has 0 aliphatic carbocycles. The topological polar surface area (TPSA) is 60.7 Å². The van der Waals surface area contributed by atoms with E-state index in [1.165, 1.54) is 24.3 Å². The van der Waals surface area contributed by atoms with Gasteiger partial charge in [0.05, 0.1) is 7.11 Å². The van der Waals surface area contributed by atoms with Crippen molar-refractivity contribution in [3.63, 3.8) is 0 Å².